The van der Waals surface area contributed by atoms with E-state index in [4.69, 9.17) is 9.97 Å². The number of nitriles is 1. The number of carboxylic acid groups (broad SMARTS) is 1. The molecule has 712 valence electrons. The van der Waals surface area contributed by atoms with E-state index in [1.54, 1.807) is 76.1 Å². The molecule has 3 aliphatic rings. The molecule has 8 heterocycles. The smallest absolute Gasteiger partial charge is 0.475 e. The summed E-state index contributed by atoms with van der Waals surface area (Å²) in [6.07, 6.45) is 29.2. The van der Waals surface area contributed by atoms with E-state index in [1.165, 1.54) is 76.4 Å². The molecule has 3 aliphatic carbocycles. The van der Waals surface area contributed by atoms with Gasteiger partial charge in [-0.3, -0.25) is 33.3 Å². The van der Waals surface area contributed by atoms with Crippen LogP contribution in [0.25, 0.3) is 56.1 Å². The molecular formula is C107H112F8N14O2Pt3-4. The van der Waals surface area contributed by atoms with Crippen molar-refractivity contribution in [2.24, 2.45) is 23.3 Å². The number of hydrogen-bond acceptors (Lipinski definition) is 11. The molecule has 15 rings (SSSR count). The Morgan fingerprint density at radius 2 is 1.13 bits per heavy atom. The van der Waals surface area contributed by atoms with Crippen molar-refractivity contribution in [2.45, 2.75) is 248 Å². The Labute approximate surface area is 825 Å². The molecule has 3 saturated carbocycles. The summed E-state index contributed by atoms with van der Waals surface area (Å²) >= 11 is 0. The molecule has 0 aliphatic heterocycles. The molecule has 16 nitrogen and oxygen atoms in total. The minimum absolute atomic E-state index is 0. The van der Waals surface area contributed by atoms with E-state index in [9.17, 15) is 51.3 Å². The van der Waals surface area contributed by atoms with Gasteiger partial charge in [-0.2, -0.15) is 17.4 Å². The Morgan fingerprint density at radius 1 is 0.597 bits per heavy atom. The van der Waals surface area contributed by atoms with Crippen molar-refractivity contribution >= 4 is 29.0 Å². The molecule has 0 saturated heterocycles. The number of aromatic carboxylic acids is 1. The van der Waals surface area contributed by atoms with Gasteiger partial charge in [0.05, 0.1) is 22.9 Å². The Hall–Kier alpha value is -10.3. The van der Waals surface area contributed by atoms with Gasteiger partial charge in [-0.05, 0) is 216 Å². The fraction of sp³-hybridized carbons (Fsp3) is 0.393. The van der Waals surface area contributed by atoms with Crippen molar-refractivity contribution in [3.05, 3.63) is 302 Å². The predicted octanol–water partition coefficient (Wildman–Crippen LogP) is 26.6. The molecule has 0 spiro atoms. The van der Waals surface area contributed by atoms with Gasteiger partial charge >= 0.3 is 27.0 Å². The molecule has 3 fully saturated rings. The average Bonchev–Trinajstić information content (AvgIpc) is 1.61. The fourth-order valence-electron chi connectivity index (χ4n) is 18.7. The number of benzene rings is 4. The molecule has 8 aromatic heterocycles. The van der Waals surface area contributed by atoms with E-state index in [0.29, 0.717) is 68.9 Å². The molecule has 27 heteroatoms. The van der Waals surface area contributed by atoms with Gasteiger partial charge in [-0.1, -0.05) is 254 Å². The number of anilines is 3. The van der Waals surface area contributed by atoms with Crippen LogP contribution in [0.2, 0.25) is 0 Å². The second kappa shape index (κ2) is 45.6. The normalized spacial score (nSPS) is 14.5. The fourth-order valence-corrected chi connectivity index (χ4v) is 18.7. The van der Waals surface area contributed by atoms with Crippen LogP contribution in [0.3, 0.4) is 0 Å². The molecular weight excluding hydrogens is 2250 g/mol. The third-order valence-electron chi connectivity index (χ3n) is 26.6. The maximum absolute atomic E-state index is 15.8. The summed E-state index contributed by atoms with van der Waals surface area (Å²) in [6, 6.07) is 50.0. The van der Waals surface area contributed by atoms with Gasteiger partial charge < -0.3 is 40.3 Å². The summed E-state index contributed by atoms with van der Waals surface area (Å²) in [6.45, 7) is 26.8. The van der Waals surface area contributed by atoms with Crippen LogP contribution in [0.4, 0.5) is 52.3 Å². The average molecular weight is 2360 g/mol. The number of rotatable bonds is 27. The van der Waals surface area contributed by atoms with Crippen molar-refractivity contribution in [2.75, 3.05) is 10.2 Å². The summed E-state index contributed by atoms with van der Waals surface area (Å²) in [5.74, 6) is -7.22. The van der Waals surface area contributed by atoms with Crippen LogP contribution >= 0.6 is 0 Å². The van der Waals surface area contributed by atoms with E-state index in [0.717, 1.165) is 121 Å². The van der Waals surface area contributed by atoms with Crippen molar-refractivity contribution in [1.29, 1.82) is 5.26 Å². The standard InChI is InChI=1S/C42H45F2N6.C34H36F2N3O2.C31H31F4N5.3Pt/c1-28(2)31-23-32(29(3)4)26-35(25-31)50(40-13-9-12-37(48-40)36-16-17-38(43)49-41(36)44)39(46)18-22-47-34-15-14-30(33(24-34)27-45)11-10-21-42(5)19-7-6-8-20-42;1-21-10-8-11-22(2)30(21)39-20-28(38-31(39)32(40)41)33(3,4)27-13-9-12-26(37-27)24-14-15-25(35)23(29(24)36)16-19-34(5)17-6-7-18-34;1-5-31(13-7-6-8-14-31)17-19-15-22(20-9-11-25(32)38-27(20)34)36-24(16-19)30(2,3)29-37-23(18-40(29)4)21-10-12-26(33)39-28(21)35;;;/h9,12-14,17-18,22-26,28-29,47H,6-8,10-11,19-21H2,1-5H3;8-13,15,20H,6-7,16-19H2,1-5H3,(H,40,41);11-12,15-16,18H,5-8,13-14,17H2,1-4H3;;;/q-3;-1;-2;;;+2/b22-18-;;;;;. The quantitative estimate of drug-likeness (QED) is 0.0161. The number of amidine groups is 1. The van der Waals surface area contributed by atoms with Gasteiger partial charge in [0.25, 0.3) is 0 Å². The van der Waals surface area contributed by atoms with E-state index < -0.39 is 64.1 Å². The third kappa shape index (κ3) is 24.9. The maximum Gasteiger partial charge on any atom is 2.00 e. The topological polar surface area (TPSA) is 212 Å². The minimum Gasteiger partial charge on any atom is -0.475 e. The molecule has 134 heavy (non-hydrogen) atoms. The summed E-state index contributed by atoms with van der Waals surface area (Å²) < 4.78 is 118. The number of imidazole rings is 2. The first-order chi connectivity index (χ1) is 62.4. The Balaban J connectivity index is 0.000000207. The van der Waals surface area contributed by atoms with Gasteiger partial charge in [0.1, 0.15) is 41.5 Å². The number of aromatic nitrogens is 10. The minimum atomic E-state index is -1.14. The van der Waals surface area contributed by atoms with Crippen LogP contribution in [-0.2, 0) is 100 Å². The molecule has 0 radical (unpaired) electrons. The maximum atomic E-state index is 15.8. The second-order valence-electron chi connectivity index (χ2n) is 37.8. The number of pyridine rings is 6. The SMILES string of the molecule is CC(C)c1cc(C(C)C)cc(N(C(=[N-])/C=C\Nc2[c-]cc(CCCC3(C)CCCCC3)c(C#N)c2)c2cccc(-c3[c-]cc(F)nc3F)n2)c1.CCC1(Cc2cc(-c3[c-]cc(F)nc3F)nc(C(C)(C)c3nc(-c4[c-]cc(F)nc4F)cn3C)c2)CCCCC1.Cc1cccc(C)c1-n1cc(C(C)(C)c2cccc(-c3[c-]cc(F)c(CCC4(C)CCCC4)c3F)n2)nc1C(=O)O.[Pt+2].[Pt].[Pt]. The van der Waals surface area contributed by atoms with Gasteiger partial charge in [0.2, 0.25) is 5.82 Å². The van der Waals surface area contributed by atoms with Crippen LogP contribution in [0, 0.1) is 119 Å². The van der Waals surface area contributed by atoms with Gasteiger partial charge in [-0.15, -0.1) is 42.0 Å². The van der Waals surface area contributed by atoms with Crippen LogP contribution < -0.4 is 10.2 Å². The Bertz CT molecular complexity index is 6200. The molecule has 12 aromatic rings. The monoisotopic (exact) mass is 2360 g/mol. The second-order valence-corrected chi connectivity index (χ2v) is 37.8. The van der Waals surface area contributed by atoms with E-state index in [2.05, 4.69) is 126 Å². The molecule has 0 atom stereocenters. The van der Waals surface area contributed by atoms with E-state index >= 15 is 4.39 Å². The van der Waals surface area contributed by atoms with Crippen LogP contribution in [0.15, 0.2) is 146 Å². The molecule has 0 bridgehead atoms. The molecule has 0 unspecified atom stereocenters. The van der Waals surface area contributed by atoms with Gasteiger partial charge in [-0.25, -0.2) is 36.1 Å². The zero-order valence-electron chi connectivity index (χ0n) is 78.0. The number of nitrogens with one attached hydrogen (secondary N) is 1. The predicted molar refractivity (Wildman–Crippen MR) is 497 cm³/mol. The first-order valence-electron chi connectivity index (χ1n) is 45.3. The van der Waals surface area contributed by atoms with Crippen LogP contribution in [-0.4, -0.2) is 65.9 Å². The molecule has 0 amide bonds. The Morgan fingerprint density at radius 3 is 1.69 bits per heavy atom. The number of carbonyl (C=O) groups is 1. The first kappa shape index (κ1) is 106. The molecule has 2 N–H and O–H groups in total. The van der Waals surface area contributed by atoms with E-state index in [1.807, 2.05) is 96.1 Å². The van der Waals surface area contributed by atoms with Crippen molar-refractivity contribution in [3.8, 4) is 56.8 Å². The van der Waals surface area contributed by atoms with Crippen molar-refractivity contribution in [3.63, 3.8) is 0 Å². The number of nitrogens with zero attached hydrogens (tertiary/aromatic N) is 13. The first-order valence-corrected chi connectivity index (χ1v) is 45.3. The summed E-state index contributed by atoms with van der Waals surface area (Å²) in [4.78, 5) is 47.1. The summed E-state index contributed by atoms with van der Waals surface area (Å²) in [7, 11) is 1.78. The zero-order chi connectivity index (χ0) is 94.0. The third-order valence-corrected chi connectivity index (χ3v) is 26.6. The van der Waals surface area contributed by atoms with Gasteiger partial charge in [0, 0.05) is 95.3 Å². The number of hydrogen-bond donors (Lipinski definition) is 2. The number of carboxylic acids is 1. The summed E-state index contributed by atoms with van der Waals surface area (Å²) in [5.41, 5.74) is 10.5. The van der Waals surface area contributed by atoms with Crippen molar-refractivity contribution < 1.29 is 108 Å². The van der Waals surface area contributed by atoms with Gasteiger partial charge in [0.15, 0.2) is 0 Å². The van der Waals surface area contributed by atoms with Crippen LogP contribution in [0.1, 0.15) is 282 Å². The zero-order valence-corrected chi connectivity index (χ0v) is 84.8. The van der Waals surface area contributed by atoms with Crippen molar-refractivity contribution in [1.82, 2.24) is 49.0 Å². The summed E-state index contributed by atoms with van der Waals surface area (Å²) in [5, 5.41) is 34.7. The number of aryl methyl sites for hydroxylation is 4. The van der Waals surface area contributed by atoms with Crippen LogP contribution in [0.5, 0.6) is 0 Å². The molecule has 4 aromatic carbocycles. The Kier molecular flexibility index (Phi) is 35.9. The largest absolute Gasteiger partial charge is 2.00 e. The number of halogens is 8. The number of para-hydroxylation sites is 1. The van der Waals surface area contributed by atoms with E-state index in [-0.39, 0.29) is 137 Å².